The summed E-state index contributed by atoms with van der Waals surface area (Å²) in [5.74, 6) is 1.03. The number of nitrogen functional groups attached to an aromatic ring is 1. The van der Waals surface area contributed by atoms with Gasteiger partial charge in [-0.3, -0.25) is 4.79 Å². The van der Waals surface area contributed by atoms with E-state index in [4.69, 9.17) is 20.9 Å². The first-order valence-electron chi connectivity index (χ1n) is 6.20. The van der Waals surface area contributed by atoms with Gasteiger partial charge in [0, 0.05) is 11.8 Å². The van der Waals surface area contributed by atoms with Gasteiger partial charge in [0.1, 0.15) is 17.2 Å². The molecule has 0 radical (unpaired) electrons. The molecule has 0 heterocycles. The molecule has 5 heteroatoms. The highest BCUT2D eigenvalue weighted by atomic mass is 16.5. The minimum absolute atomic E-state index is 0.242. The number of ether oxygens (including phenoxy) is 2. The summed E-state index contributed by atoms with van der Waals surface area (Å²) >= 11 is 0. The number of carbonyl (C=O) groups is 1. The summed E-state index contributed by atoms with van der Waals surface area (Å²) in [7, 11) is 0. The second kappa shape index (κ2) is 5.97. The Kier molecular flexibility index (Phi) is 4.10. The second-order valence-corrected chi connectivity index (χ2v) is 4.13. The molecule has 20 heavy (non-hydrogen) atoms. The summed E-state index contributed by atoms with van der Waals surface area (Å²) in [6.07, 6.45) is 0. The SMILES string of the molecule is CCOc1cccc(Oc2ccc(N)cc2C(N)=O)c1. The largest absolute Gasteiger partial charge is 0.494 e. The Morgan fingerprint density at radius 2 is 1.90 bits per heavy atom. The first-order valence-corrected chi connectivity index (χ1v) is 6.20. The Morgan fingerprint density at radius 1 is 1.15 bits per heavy atom. The average molecular weight is 272 g/mol. The Morgan fingerprint density at radius 3 is 2.60 bits per heavy atom. The van der Waals surface area contributed by atoms with Gasteiger partial charge in [0.2, 0.25) is 0 Å². The van der Waals surface area contributed by atoms with E-state index in [1.807, 2.05) is 19.1 Å². The van der Waals surface area contributed by atoms with Crippen LogP contribution in [0.25, 0.3) is 0 Å². The summed E-state index contributed by atoms with van der Waals surface area (Å²) in [6, 6.07) is 11.9. The second-order valence-electron chi connectivity index (χ2n) is 4.13. The Labute approximate surface area is 117 Å². The number of rotatable bonds is 5. The van der Waals surface area contributed by atoms with Crippen molar-refractivity contribution in [1.29, 1.82) is 0 Å². The maximum absolute atomic E-state index is 11.4. The van der Waals surface area contributed by atoms with Crippen LogP contribution in [-0.2, 0) is 0 Å². The Hall–Kier alpha value is -2.69. The van der Waals surface area contributed by atoms with Crippen molar-refractivity contribution in [2.75, 3.05) is 12.3 Å². The molecule has 104 valence electrons. The monoisotopic (exact) mass is 272 g/mol. The van der Waals surface area contributed by atoms with Crippen molar-refractivity contribution in [2.45, 2.75) is 6.92 Å². The summed E-state index contributed by atoms with van der Waals surface area (Å²) in [5.41, 5.74) is 11.6. The van der Waals surface area contributed by atoms with Crippen molar-refractivity contribution >= 4 is 11.6 Å². The van der Waals surface area contributed by atoms with Gasteiger partial charge in [-0.15, -0.1) is 0 Å². The smallest absolute Gasteiger partial charge is 0.252 e. The van der Waals surface area contributed by atoms with Crippen LogP contribution in [-0.4, -0.2) is 12.5 Å². The first-order chi connectivity index (χ1) is 9.60. The molecule has 0 aromatic heterocycles. The fourth-order valence-electron chi connectivity index (χ4n) is 1.75. The van der Waals surface area contributed by atoms with Crippen molar-refractivity contribution in [3.8, 4) is 17.2 Å². The molecular weight excluding hydrogens is 256 g/mol. The molecule has 4 N–H and O–H groups in total. The van der Waals surface area contributed by atoms with Gasteiger partial charge in [0.25, 0.3) is 5.91 Å². The van der Waals surface area contributed by atoms with Crippen LogP contribution in [0.1, 0.15) is 17.3 Å². The van der Waals surface area contributed by atoms with Gasteiger partial charge >= 0.3 is 0 Å². The molecule has 0 spiro atoms. The maximum atomic E-state index is 11.4. The highest BCUT2D eigenvalue weighted by Gasteiger charge is 2.11. The summed E-state index contributed by atoms with van der Waals surface area (Å²) in [4.78, 5) is 11.4. The zero-order chi connectivity index (χ0) is 14.5. The lowest BCUT2D eigenvalue weighted by atomic mass is 10.1. The third-order valence-electron chi connectivity index (χ3n) is 2.61. The Balaban J connectivity index is 2.30. The van der Waals surface area contributed by atoms with Crippen LogP contribution in [0.5, 0.6) is 17.2 Å². The van der Waals surface area contributed by atoms with Crippen LogP contribution in [0.2, 0.25) is 0 Å². The van der Waals surface area contributed by atoms with Crippen molar-refractivity contribution in [3.63, 3.8) is 0 Å². The van der Waals surface area contributed by atoms with Crippen molar-refractivity contribution in [2.24, 2.45) is 5.73 Å². The molecule has 0 aliphatic carbocycles. The molecule has 1 amide bonds. The van der Waals surface area contributed by atoms with E-state index in [2.05, 4.69) is 0 Å². The lowest BCUT2D eigenvalue weighted by molar-refractivity contribution is 0.0998. The van der Waals surface area contributed by atoms with E-state index in [-0.39, 0.29) is 5.56 Å². The van der Waals surface area contributed by atoms with E-state index < -0.39 is 5.91 Å². The first kappa shape index (κ1) is 13.7. The van der Waals surface area contributed by atoms with Crippen LogP contribution in [0.15, 0.2) is 42.5 Å². The molecule has 0 atom stereocenters. The summed E-state index contributed by atoms with van der Waals surface area (Å²) < 4.78 is 11.1. The van der Waals surface area contributed by atoms with E-state index in [0.29, 0.717) is 29.5 Å². The van der Waals surface area contributed by atoms with Crippen LogP contribution < -0.4 is 20.9 Å². The normalized spacial score (nSPS) is 10.1. The highest BCUT2D eigenvalue weighted by Crippen LogP contribution is 2.29. The van der Waals surface area contributed by atoms with Crippen molar-refractivity contribution < 1.29 is 14.3 Å². The number of nitrogens with two attached hydrogens (primary N) is 2. The van der Waals surface area contributed by atoms with Crippen LogP contribution in [0.3, 0.4) is 0 Å². The van der Waals surface area contributed by atoms with Gasteiger partial charge in [-0.25, -0.2) is 0 Å². The molecule has 0 fully saturated rings. The van der Waals surface area contributed by atoms with Crippen LogP contribution in [0.4, 0.5) is 5.69 Å². The minimum Gasteiger partial charge on any atom is -0.494 e. The number of anilines is 1. The predicted octanol–water partition coefficient (Wildman–Crippen LogP) is 2.56. The molecule has 5 nitrogen and oxygen atoms in total. The van der Waals surface area contributed by atoms with Gasteiger partial charge < -0.3 is 20.9 Å². The lowest BCUT2D eigenvalue weighted by Crippen LogP contribution is -2.12. The topological polar surface area (TPSA) is 87.6 Å². The average Bonchev–Trinajstić information content (AvgIpc) is 2.41. The van der Waals surface area contributed by atoms with E-state index in [9.17, 15) is 4.79 Å². The quantitative estimate of drug-likeness (QED) is 0.819. The fourth-order valence-corrected chi connectivity index (χ4v) is 1.75. The Bertz CT molecular complexity index is 626. The van der Waals surface area contributed by atoms with Crippen LogP contribution in [0, 0.1) is 0 Å². The van der Waals surface area contributed by atoms with Gasteiger partial charge in [-0.05, 0) is 37.3 Å². The van der Waals surface area contributed by atoms with Gasteiger partial charge in [-0.1, -0.05) is 6.07 Å². The molecule has 0 saturated heterocycles. The molecule has 2 aromatic rings. The summed E-state index contributed by atoms with van der Waals surface area (Å²) in [6.45, 7) is 2.47. The highest BCUT2D eigenvalue weighted by molar-refractivity contribution is 5.96. The maximum Gasteiger partial charge on any atom is 0.252 e. The summed E-state index contributed by atoms with van der Waals surface area (Å²) in [5, 5.41) is 0. The molecule has 2 aromatic carbocycles. The zero-order valence-electron chi connectivity index (χ0n) is 11.1. The van der Waals surface area contributed by atoms with E-state index in [1.54, 1.807) is 24.3 Å². The van der Waals surface area contributed by atoms with Gasteiger partial charge in [-0.2, -0.15) is 0 Å². The zero-order valence-corrected chi connectivity index (χ0v) is 11.1. The standard InChI is InChI=1S/C15H16N2O3/c1-2-19-11-4-3-5-12(9-11)20-14-7-6-10(16)8-13(14)15(17)18/h3-9H,2,16H2,1H3,(H2,17,18). The molecule has 0 aliphatic rings. The third-order valence-corrected chi connectivity index (χ3v) is 2.61. The molecule has 0 saturated carbocycles. The van der Waals surface area contributed by atoms with E-state index in [0.717, 1.165) is 0 Å². The molecule has 0 unspecified atom stereocenters. The molecular formula is C15H16N2O3. The lowest BCUT2D eigenvalue weighted by Gasteiger charge is -2.11. The predicted molar refractivity (Wildman–Crippen MR) is 77.1 cm³/mol. The minimum atomic E-state index is -0.590. The van der Waals surface area contributed by atoms with Crippen molar-refractivity contribution in [3.05, 3.63) is 48.0 Å². The number of amides is 1. The third kappa shape index (κ3) is 3.20. The van der Waals surface area contributed by atoms with Gasteiger partial charge in [0.15, 0.2) is 0 Å². The fraction of sp³-hybridized carbons (Fsp3) is 0.133. The number of benzene rings is 2. The van der Waals surface area contributed by atoms with E-state index >= 15 is 0 Å². The molecule has 0 aliphatic heterocycles. The van der Waals surface area contributed by atoms with Crippen LogP contribution >= 0.6 is 0 Å². The number of carbonyl (C=O) groups excluding carboxylic acids is 1. The van der Waals surface area contributed by atoms with Crippen molar-refractivity contribution in [1.82, 2.24) is 0 Å². The molecule has 2 rings (SSSR count). The number of hydrogen-bond acceptors (Lipinski definition) is 4. The van der Waals surface area contributed by atoms with E-state index in [1.165, 1.54) is 6.07 Å². The number of primary amides is 1. The number of hydrogen-bond donors (Lipinski definition) is 2. The van der Waals surface area contributed by atoms with Gasteiger partial charge in [0.05, 0.1) is 12.2 Å². The molecule has 0 bridgehead atoms.